The number of carbonyl (C=O) groups is 1. The number of ether oxygens (including phenoxy) is 3. The van der Waals surface area contributed by atoms with E-state index in [4.69, 9.17) is 14.2 Å². The Labute approximate surface area is 112 Å². The summed E-state index contributed by atoms with van der Waals surface area (Å²) in [5, 5.41) is 3.16. The molecule has 0 saturated carbocycles. The molecule has 5 nitrogen and oxygen atoms in total. The zero-order chi connectivity index (χ0) is 13.5. The van der Waals surface area contributed by atoms with Crippen LogP contribution in [0.4, 0.5) is 0 Å². The average molecular weight is 265 g/mol. The van der Waals surface area contributed by atoms with Gasteiger partial charge in [-0.05, 0) is 12.1 Å². The second-order valence-electron chi connectivity index (χ2n) is 4.28. The summed E-state index contributed by atoms with van der Waals surface area (Å²) < 4.78 is 15.8. The highest BCUT2D eigenvalue weighted by Gasteiger charge is 2.24. The van der Waals surface area contributed by atoms with E-state index in [2.05, 4.69) is 5.32 Å². The monoisotopic (exact) mass is 265 g/mol. The number of hydrogen-bond donors (Lipinski definition) is 1. The number of para-hydroxylation sites is 1. The Bertz CT molecular complexity index is 416. The van der Waals surface area contributed by atoms with E-state index in [0.29, 0.717) is 44.3 Å². The average Bonchev–Trinajstić information content (AvgIpc) is 2.48. The van der Waals surface area contributed by atoms with Crippen molar-refractivity contribution in [3.05, 3.63) is 29.8 Å². The van der Waals surface area contributed by atoms with Crippen molar-refractivity contribution in [2.75, 3.05) is 40.1 Å². The van der Waals surface area contributed by atoms with Crippen LogP contribution in [0.25, 0.3) is 0 Å². The molecule has 1 N–H and O–H groups in total. The third-order valence-corrected chi connectivity index (χ3v) is 2.94. The Morgan fingerprint density at radius 1 is 1.42 bits per heavy atom. The van der Waals surface area contributed by atoms with Crippen molar-refractivity contribution in [1.82, 2.24) is 5.32 Å². The maximum atomic E-state index is 12.4. The minimum Gasteiger partial charge on any atom is -0.490 e. The fraction of sp³-hybridized carbons (Fsp3) is 0.500. The van der Waals surface area contributed by atoms with E-state index in [9.17, 15) is 4.79 Å². The molecule has 19 heavy (non-hydrogen) atoms. The van der Waals surface area contributed by atoms with Gasteiger partial charge in [-0.1, -0.05) is 12.1 Å². The van der Waals surface area contributed by atoms with Gasteiger partial charge in [0.05, 0.1) is 31.4 Å². The van der Waals surface area contributed by atoms with Gasteiger partial charge >= 0.3 is 0 Å². The molecular formula is C14H19NO4. The fourth-order valence-corrected chi connectivity index (χ4v) is 1.95. The van der Waals surface area contributed by atoms with Gasteiger partial charge in [0.15, 0.2) is 5.78 Å². The van der Waals surface area contributed by atoms with Gasteiger partial charge in [-0.15, -0.1) is 0 Å². The van der Waals surface area contributed by atoms with E-state index in [1.54, 1.807) is 19.2 Å². The quantitative estimate of drug-likeness (QED) is 0.611. The predicted molar refractivity (Wildman–Crippen MR) is 70.8 cm³/mol. The fourth-order valence-electron chi connectivity index (χ4n) is 1.95. The van der Waals surface area contributed by atoms with E-state index in [1.165, 1.54) is 0 Å². The maximum absolute atomic E-state index is 12.4. The lowest BCUT2D eigenvalue weighted by molar-refractivity contribution is 0.0604. The SMILES string of the molecule is COCCOc1ccccc1C(=O)C1COCCN1. The first-order valence-electron chi connectivity index (χ1n) is 6.39. The van der Waals surface area contributed by atoms with Gasteiger partial charge in [0.1, 0.15) is 12.4 Å². The standard InChI is InChI=1S/C14H19NO4/c1-17-8-9-19-13-5-3-2-4-11(13)14(16)12-10-18-7-6-15-12/h2-5,12,15H,6-10H2,1H3. The van der Waals surface area contributed by atoms with Crippen LogP contribution in [0.3, 0.4) is 0 Å². The molecule has 1 aliphatic rings. The van der Waals surface area contributed by atoms with Crippen LogP contribution in [0.5, 0.6) is 5.75 Å². The molecule has 5 heteroatoms. The number of carbonyl (C=O) groups excluding carboxylic acids is 1. The lowest BCUT2D eigenvalue weighted by Gasteiger charge is -2.23. The molecule has 1 atom stereocenters. The summed E-state index contributed by atoms with van der Waals surface area (Å²) in [7, 11) is 1.61. The molecule has 1 fully saturated rings. The van der Waals surface area contributed by atoms with Crippen LogP contribution in [0.15, 0.2) is 24.3 Å². The van der Waals surface area contributed by atoms with Crippen LogP contribution in [0, 0.1) is 0 Å². The zero-order valence-electron chi connectivity index (χ0n) is 11.1. The van der Waals surface area contributed by atoms with Crippen molar-refractivity contribution in [1.29, 1.82) is 0 Å². The van der Waals surface area contributed by atoms with Gasteiger partial charge < -0.3 is 19.5 Å². The number of rotatable bonds is 6. The van der Waals surface area contributed by atoms with E-state index in [-0.39, 0.29) is 11.8 Å². The van der Waals surface area contributed by atoms with Gasteiger partial charge in [-0.25, -0.2) is 0 Å². The third-order valence-electron chi connectivity index (χ3n) is 2.94. The van der Waals surface area contributed by atoms with Gasteiger partial charge in [0, 0.05) is 13.7 Å². The maximum Gasteiger partial charge on any atom is 0.185 e. The highest BCUT2D eigenvalue weighted by atomic mass is 16.5. The van der Waals surface area contributed by atoms with Gasteiger partial charge in [0.25, 0.3) is 0 Å². The number of benzene rings is 1. The summed E-state index contributed by atoms with van der Waals surface area (Å²) in [5.41, 5.74) is 0.585. The van der Waals surface area contributed by atoms with Gasteiger partial charge in [-0.3, -0.25) is 4.79 Å². The summed E-state index contributed by atoms with van der Waals surface area (Å²) in [4.78, 5) is 12.4. The second-order valence-corrected chi connectivity index (χ2v) is 4.28. The molecular weight excluding hydrogens is 246 g/mol. The molecule has 2 rings (SSSR count). The van der Waals surface area contributed by atoms with E-state index in [1.807, 2.05) is 12.1 Å². The number of hydrogen-bond acceptors (Lipinski definition) is 5. The Balaban J connectivity index is 2.07. The van der Waals surface area contributed by atoms with Crippen molar-refractivity contribution >= 4 is 5.78 Å². The first-order chi connectivity index (χ1) is 9.33. The molecule has 0 bridgehead atoms. The Hall–Kier alpha value is -1.43. The van der Waals surface area contributed by atoms with Gasteiger partial charge in [0.2, 0.25) is 0 Å². The Morgan fingerprint density at radius 3 is 3.00 bits per heavy atom. The molecule has 0 radical (unpaired) electrons. The number of ketones is 1. The molecule has 1 aromatic carbocycles. The van der Waals surface area contributed by atoms with Gasteiger partial charge in [-0.2, -0.15) is 0 Å². The molecule has 0 aliphatic carbocycles. The molecule has 104 valence electrons. The lowest BCUT2D eigenvalue weighted by atomic mass is 10.0. The number of Topliss-reactive ketones (excluding diaryl/α,β-unsaturated/α-hetero) is 1. The largest absolute Gasteiger partial charge is 0.490 e. The third kappa shape index (κ3) is 3.76. The molecule has 0 aromatic heterocycles. The second kappa shape index (κ2) is 7.23. The minimum absolute atomic E-state index is 0.00715. The highest BCUT2D eigenvalue weighted by Crippen LogP contribution is 2.20. The Morgan fingerprint density at radius 2 is 2.26 bits per heavy atom. The topological polar surface area (TPSA) is 56.8 Å². The lowest BCUT2D eigenvalue weighted by Crippen LogP contribution is -2.46. The van der Waals surface area contributed by atoms with Crippen LogP contribution in [-0.2, 0) is 9.47 Å². The minimum atomic E-state index is -0.291. The van der Waals surface area contributed by atoms with Crippen LogP contribution in [-0.4, -0.2) is 51.9 Å². The van der Waals surface area contributed by atoms with Crippen LogP contribution >= 0.6 is 0 Å². The smallest absolute Gasteiger partial charge is 0.185 e. The summed E-state index contributed by atoms with van der Waals surface area (Å²) in [6.07, 6.45) is 0. The van der Waals surface area contributed by atoms with Crippen molar-refractivity contribution in [3.63, 3.8) is 0 Å². The normalized spacial score (nSPS) is 19.1. The zero-order valence-corrected chi connectivity index (χ0v) is 11.1. The van der Waals surface area contributed by atoms with Crippen LogP contribution in [0.2, 0.25) is 0 Å². The summed E-state index contributed by atoms with van der Waals surface area (Å²) in [6.45, 7) is 2.67. The van der Waals surface area contributed by atoms with E-state index < -0.39 is 0 Å². The Kier molecular flexibility index (Phi) is 5.32. The van der Waals surface area contributed by atoms with Crippen LogP contribution < -0.4 is 10.1 Å². The molecule has 1 aromatic rings. The predicted octanol–water partition coefficient (Wildman–Crippen LogP) is 0.883. The number of nitrogens with one attached hydrogen (secondary N) is 1. The van der Waals surface area contributed by atoms with Crippen molar-refractivity contribution < 1.29 is 19.0 Å². The summed E-state index contributed by atoms with van der Waals surface area (Å²) >= 11 is 0. The highest BCUT2D eigenvalue weighted by molar-refractivity contribution is 6.02. The van der Waals surface area contributed by atoms with Crippen molar-refractivity contribution in [2.24, 2.45) is 0 Å². The van der Waals surface area contributed by atoms with E-state index in [0.717, 1.165) is 0 Å². The molecule has 0 amide bonds. The summed E-state index contributed by atoms with van der Waals surface area (Å²) in [5.74, 6) is 0.602. The first kappa shape index (κ1) is 14.0. The molecule has 0 spiro atoms. The first-order valence-corrected chi connectivity index (χ1v) is 6.39. The molecule has 1 heterocycles. The summed E-state index contributed by atoms with van der Waals surface area (Å²) in [6, 6.07) is 6.97. The van der Waals surface area contributed by atoms with Crippen molar-refractivity contribution in [2.45, 2.75) is 6.04 Å². The molecule has 1 unspecified atom stereocenters. The molecule has 1 aliphatic heterocycles. The number of methoxy groups -OCH3 is 1. The van der Waals surface area contributed by atoms with E-state index >= 15 is 0 Å². The van der Waals surface area contributed by atoms with Crippen LogP contribution in [0.1, 0.15) is 10.4 Å². The number of morpholine rings is 1. The van der Waals surface area contributed by atoms with Crippen molar-refractivity contribution in [3.8, 4) is 5.75 Å². The molecule has 1 saturated heterocycles.